The predicted molar refractivity (Wildman–Crippen MR) is 171 cm³/mol. The summed E-state index contributed by atoms with van der Waals surface area (Å²) in [5.41, 5.74) is -3.73. The van der Waals surface area contributed by atoms with Crippen molar-refractivity contribution < 1.29 is 68.9 Å². The number of carboxylic acid groups (broad SMARTS) is 1. The highest BCUT2D eigenvalue weighted by Gasteiger charge is 2.37. The van der Waals surface area contributed by atoms with E-state index in [9.17, 15) is 54.3 Å². The highest BCUT2D eigenvalue weighted by molar-refractivity contribution is 9.10. The fraction of sp³-hybridized carbons (Fsp3) is 0.484. The van der Waals surface area contributed by atoms with Crippen LogP contribution in [0.25, 0.3) is 0 Å². The number of benzene rings is 2. The number of halogens is 10. The second-order valence-corrected chi connectivity index (χ2v) is 11.6. The molecule has 1 N–H and O–H groups in total. The summed E-state index contributed by atoms with van der Waals surface area (Å²) in [6.45, 7) is 13.2. The third-order valence-corrected chi connectivity index (χ3v) is 7.41. The molecule has 0 bridgehead atoms. The topological polar surface area (TPSA) is 110 Å². The van der Waals surface area contributed by atoms with Gasteiger partial charge in [0.05, 0.1) is 16.7 Å². The lowest BCUT2D eigenvalue weighted by Crippen LogP contribution is -2.39. The Kier molecular flexibility index (Phi) is 20.7. The van der Waals surface area contributed by atoms with Gasteiger partial charge in [-0.25, -0.2) is 8.78 Å². The van der Waals surface area contributed by atoms with Crippen molar-refractivity contribution in [2.45, 2.75) is 79.4 Å². The molecule has 1 heterocycles. The molecule has 18 heteroatoms. The van der Waals surface area contributed by atoms with Crippen molar-refractivity contribution in [2.24, 2.45) is 0 Å². The van der Waals surface area contributed by atoms with E-state index in [1.807, 2.05) is 0 Å². The second kappa shape index (κ2) is 21.2. The summed E-state index contributed by atoms with van der Waals surface area (Å²) in [6, 6.07) is 3.23. The fourth-order valence-electron chi connectivity index (χ4n) is 3.60. The van der Waals surface area contributed by atoms with Gasteiger partial charge in [0.1, 0.15) is 18.1 Å². The molecule has 0 atom stereocenters. The molecule has 1 aliphatic heterocycles. The summed E-state index contributed by atoms with van der Waals surface area (Å²) in [5.74, 6) is -6.31. The minimum atomic E-state index is -4.79. The summed E-state index contributed by atoms with van der Waals surface area (Å²) < 4.78 is 110. The Morgan fingerprint density at radius 3 is 1.59 bits per heavy atom. The van der Waals surface area contributed by atoms with Crippen molar-refractivity contribution in [3.8, 4) is 0 Å². The molecule has 49 heavy (non-hydrogen) atoms. The summed E-state index contributed by atoms with van der Waals surface area (Å²) in [7, 11) is 0. The van der Waals surface area contributed by atoms with E-state index < -0.39 is 70.8 Å². The molecular formula is C31H37Br2F8NO7. The number of hydrogen-bond donors (Lipinski definition) is 1. The number of esters is 2. The highest BCUT2D eigenvalue weighted by atomic mass is 79.9. The van der Waals surface area contributed by atoms with Crippen molar-refractivity contribution in [1.82, 2.24) is 4.90 Å². The van der Waals surface area contributed by atoms with Crippen LogP contribution in [-0.4, -0.2) is 59.6 Å². The normalized spacial score (nSPS) is 13.6. The second-order valence-electron chi connectivity index (χ2n) is 9.86. The summed E-state index contributed by atoms with van der Waals surface area (Å²) >= 11 is 5.67. The first-order valence-electron chi connectivity index (χ1n) is 13.9. The van der Waals surface area contributed by atoms with Crippen LogP contribution >= 0.6 is 31.9 Å². The molecule has 1 saturated heterocycles. The van der Waals surface area contributed by atoms with Gasteiger partial charge >= 0.3 is 30.3 Å². The van der Waals surface area contributed by atoms with Crippen molar-refractivity contribution in [3.05, 3.63) is 67.1 Å². The van der Waals surface area contributed by atoms with Crippen molar-refractivity contribution in [3.63, 3.8) is 0 Å². The summed E-state index contributed by atoms with van der Waals surface area (Å²) in [5, 5.41) is 8.43. The number of aldehydes is 1. The van der Waals surface area contributed by atoms with Gasteiger partial charge in [0.15, 0.2) is 6.29 Å². The molecule has 8 nitrogen and oxygen atoms in total. The average molecular weight is 847 g/mol. The molecule has 0 aliphatic carbocycles. The zero-order valence-electron chi connectivity index (χ0n) is 26.3. The van der Waals surface area contributed by atoms with Crippen molar-refractivity contribution in [1.29, 1.82) is 0 Å². The number of ether oxygens (including phenoxy) is 2. The van der Waals surface area contributed by atoms with E-state index in [2.05, 4.69) is 67.0 Å². The molecule has 0 unspecified atom stereocenters. The highest BCUT2D eigenvalue weighted by Crippen LogP contribution is 2.36. The predicted octanol–water partition coefficient (Wildman–Crippen LogP) is 9.24. The van der Waals surface area contributed by atoms with Gasteiger partial charge in [-0.05, 0) is 66.3 Å². The van der Waals surface area contributed by atoms with Crippen LogP contribution in [0.15, 0.2) is 33.2 Å². The van der Waals surface area contributed by atoms with E-state index in [1.54, 1.807) is 0 Å². The van der Waals surface area contributed by atoms with Crippen LogP contribution in [0.3, 0.4) is 0 Å². The maximum atomic E-state index is 13.5. The van der Waals surface area contributed by atoms with E-state index in [1.165, 1.54) is 33.5 Å². The van der Waals surface area contributed by atoms with E-state index in [0.29, 0.717) is 12.1 Å². The molecule has 0 amide bonds. The number of nitrogens with zero attached hydrogens (tertiary/aromatic N) is 1. The van der Waals surface area contributed by atoms with Gasteiger partial charge in [-0.3, -0.25) is 19.2 Å². The number of alkyl halides is 6. The van der Waals surface area contributed by atoms with E-state index in [0.717, 1.165) is 12.1 Å². The fourth-order valence-corrected chi connectivity index (χ4v) is 4.51. The maximum Gasteiger partial charge on any atom is 0.419 e. The Labute approximate surface area is 295 Å². The molecule has 2 aromatic rings. The van der Waals surface area contributed by atoms with Gasteiger partial charge in [0.2, 0.25) is 0 Å². The zero-order chi connectivity index (χ0) is 37.6. The number of carbonyl (C=O) groups excluding carboxylic acids is 3. The first-order valence-corrected chi connectivity index (χ1v) is 15.5. The van der Waals surface area contributed by atoms with Crippen molar-refractivity contribution >= 4 is 56.1 Å². The van der Waals surface area contributed by atoms with Gasteiger partial charge in [0.25, 0.3) is 5.79 Å². The van der Waals surface area contributed by atoms with Crippen LogP contribution < -0.4 is 0 Å². The van der Waals surface area contributed by atoms with Gasteiger partial charge in [-0.2, -0.15) is 26.3 Å². The quantitative estimate of drug-likeness (QED) is 0.127. The molecule has 0 saturated carbocycles. The minimum absolute atomic E-state index is 0. The largest absolute Gasteiger partial charge is 0.481 e. The SMILES string of the molecule is C.CC1(C)OC(=O)CC(=O)O1.CCN(CC)CC.O=C(O)CCc1c(Br)ccc(C(F)(F)F)c1F.O=Cc1c(Br)ccc(C(F)(F)F)c1F. The number of carbonyl (C=O) groups is 4. The summed E-state index contributed by atoms with van der Waals surface area (Å²) in [6.07, 6.45) is -10.5. The molecule has 0 spiro atoms. The molecule has 2 aromatic carbocycles. The average Bonchev–Trinajstić information content (AvgIpc) is 2.92. The molecule has 0 radical (unpaired) electrons. The third kappa shape index (κ3) is 16.9. The molecule has 1 fully saturated rings. The van der Waals surface area contributed by atoms with Crippen LogP contribution in [0.1, 0.15) is 81.9 Å². The minimum Gasteiger partial charge on any atom is -0.481 e. The van der Waals surface area contributed by atoms with E-state index in [4.69, 9.17) is 5.11 Å². The van der Waals surface area contributed by atoms with Crippen LogP contribution in [0.5, 0.6) is 0 Å². The Morgan fingerprint density at radius 2 is 1.27 bits per heavy atom. The first-order chi connectivity index (χ1) is 21.9. The van der Waals surface area contributed by atoms with Crippen LogP contribution in [0.4, 0.5) is 35.1 Å². The summed E-state index contributed by atoms with van der Waals surface area (Å²) in [4.78, 5) is 44.1. The van der Waals surface area contributed by atoms with Crippen LogP contribution in [0.2, 0.25) is 0 Å². The number of carboxylic acids is 1. The standard InChI is InChI=1S/C10H7BrF4O2.C8H3BrF4O.C6H15N.C6H8O4.CH4/c11-7-3-2-6(10(13,14)15)9(12)5(7)1-4-8(16)17;9-6-2-1-5(8(11,12)13)7(10)4(6)3-14;1-4-7(5-2)6-3;1-6(2)9-4(7)3-5(8)10-6;/h2-3H,1,4H2,(H,16,17);1-3H;4-6H2,1-3H3;3H2,1-2H3;1H4. The number of hydrogen-bond acceptors (Lipinski definition) is 7. The number of rotatable bonds is 7. The Bertz CT molecular complexity index is 1390. The number of aliphatic carboxylic acids is 1. The lowest BCUT2D eigenvalue weighted by Gasteiger charge is -2.28. The molecule has 278 valence electrons. The first kappa shape index (κ1) is 48.0. The van der Waals surface area contributed by atoms with Crippen LogP contribution in [-0.2, 0) is 42.6 Å². The molecular weight excluding hydrogens is 810 g/mol. The molecule has 1 aliphatic rings. The maximum absolute atomic E-state index is 13.5. The monoisotopic (exact) mass is 845 g/mol. The Balaban J connectivity index is 0. The lowest BCUT2D eigenvalue weighted by atomic mass is 10.0. The van der Waals surface area contributed by atoms with Gasteiger partial charge < -0.3 is 19.5 Å². The lowest BCUT2D eigenvalue weighted by molar-refractivity contribution is -0.231. The smallest absolute Gasteiger partial charge is 0.419 e. The van der Waals surface area contributed by atoms with Gasteiger partial charge in [-0.1, -0.05) is 44.1 Å². The third-order valence-electron chi connectivity index (χ3n) is 5.98. The van der Waals surface area contributed by atoms with Crippen LogP contribution in [0, 0.1) is 11.6 Å². The molecule has 0 aromatic heterocycles. The molecule has 3 rings (SSSR count). The Morgan fingerprint density at radius 1 is 0.857 bits per heavy atom. The van der Waals surface area contributed by atoms with Gasteiger partial charge in [0, 0.05) is 34.8 Å². The van der Waals surface area contributed by atoms with E-state index in [-0.39, 0.29) is 41.1 Å². The zero-order valence-corrected chi connectivity index (χ0v) is 29.4. The van der Waals surface area contributed by atoms with Crippen molar-refractivity contribution in [2.75, 3.05) is 19.6 Å². The van der Waals surface area contributed by atoms with Gasteiger partial charge in [-0.15, -0.1) is 0 Å². The Hall–Kier alpha value is -3.12. The number of cyclic esters (lactones) is 2. The van der Waals surface area contributed by atoms with E-state index >= 15 is 0 Å².